The minimum atomic E-state index is -3.96. The van der Waals surface area contributed by atoms with Crippen LogP contribution >= 0.6 is 11.6 Å². The van der Waals surface area contributed by atoms with Gasteiger partial charge in [-0.1, -0.05) is 36.2 Å². The Morgan fingerprint density at radius 3 is 2.63 bits per heavy atom. The molecule has 1 heterocycles. The number of aryl methyl sites for hydroxylation is 2. The zero-order valence-corrected chi connectivity index (χ0v) is 16.6. The van der Waals surface area contributed by atoms with E-state index < -0.39 is 28.4 Å². The fourth-order valence-corrected chi connectivity index (χ4v) is 3.34. The molecule has 1 unspecified atom stereocenters. The fourth-order valence-electron chi connectivity index (χ4n) is 2.19. The molecule has 0 bridgehead atoms. The molecule has 148 valence electrons. The Bertz CT molecular complexity index is 929. The number of aliphatic hydroxyl groups is 1. The normalized spacial score (nSPS) is 12.7. The SMILES string of the molecule is CCCn1ncc(NCC(O)COS(=O)(=O)c2ccc(C)cc2)c(Cl)c1=O. The second-order valence-electron chi connectivity index (χ2n) is 5.99. The maximum atomic E-state index is 12.1. The Balaban J connectivity index is 1.93. The number of aromatic nitrogens is 2. The molecule has 1 aromatic heterocycles. The number of benzene rings is 1. The van der Waals surface area contributed by atoms with Crippen molar-refractivity contribution in [2.24, 2.45) is 0 Å². The first-order valence-electron chi connectivity index (χ1n) is 8.38. The summed E-state index contributed by atoms with van der Waals surface area (Å²) in [6, 6.07) is 6.19. The topological polar surface area (TPSA) is 111 Å². The summed E-state index contributed by atoms with van der Waals surface area (Å²) >= 11 is 6.02. The van der Waals surface area contributed by atoms with Gasteiger partial charge in [0.25, 0.3) is 15.7 Å². The molecule has 0 saturated heterocycles. The van der Waals surface area contributed by atoms with Crippen LogP contribution in [0.4, 0.5) is 5.69 Å². The third-order valence-corrected chi connectivity index (χ3v) is 5.33. The lowest BCUT2D eigenvalue weighted by Gasteiger charge is -2.14. The van der Waals surface area contributed by atoms with Gasteiger partial charge in [-0.25, -0.2) is 4.68 Å². The van der Waals surface area contributed by atoms with E-state index in [2.05, 4.69) is 10.4 Å². The van der Waals surface area contributed by atoms with Crippen LogP contribution < -0.4 is 10.9 Å². The number of anilines is 1. The Hall–Kier alpha value is -1.94. The van der Waals surface area contributed by atoms with E-state index in [1.54, 1.807) is 12.1 Å². The highest BCUT2D eigenvalue weighted by Crippen LogP contribution is 2.16. The van der Waals surface area contributed by atoms with Crippen molar-refractivity contribution in [1.82, 2.24) is 9.78 Å². The summed E-state index contributed by atoms with van der Waals surface area (Å²) in [7, 11) is -3.96. The lowest BCUT2D eigenvalue weighted by atomic mass is 10.2. The number of halogens is 1. The minimum Gasteiger partial charge on any atom is -0.389 e. The molecule has 0 radical (unpaired) electrons. The quantitative estimate of drug-likeness (QED) is 0.600. The smallest absolute Gasteiger partial charge is 0.297 e. The number of hydrogen-bond acceptors (Lipinski definition) is 7. The first kappa shape index (κ1) is 21.4. The molecule has 0 fully saturated rings. The lowest BCUT2D eigenvalue weighted by Crippen LogP contribution is -2.28. The molecule has 2 rings (SSSR count). The molecule has 10 heteroatoms. The van der Waals surface area contributed by atoms with Crippen LogP contribution in [0.25, 0.3) is 0 Å². The third-order valence-electron chi connectivity index (χ3n) is 3.67. The van der Waals surface area contributed by atoms with Gasteiger partial charge < -0.3 is 10.4 Å². The van der Waals surface area contributed by atoms with Crippen molar-refractivity contribution in [1.29, 1.82) is 0 Å². The van der Waals surface area contributed by atoms with Crippen LogP contribution in [0.1, 0.15) is 18.9 Å². The van der Waals surface area contributed by atoms with Crippen LogP contribution in [0.15, 0.2) is 40.2 Å². The van der Waals surface area contributed by atoms with E-state index in [0.29, 0.717) is 6.54 Å². The zero-order valence-electron chi connectivity index (χ0n) is 15.1. The summed E-state index contributed by atoms with van der Waals surface area (Å²) in [4.78, 5) is 12.0. The van der Waals surface area contributed by atoms with Crippen molar-refractivity contribution in [3.05, 3.63) is 51.4 Å². The van der Waals surface area contributed by atoms with Crippen LogP contribution in [0, 0.1) is 6.92 Å². The van der Waals surface area contributed by atoms with Crippen molar-refractivity contribution in [2.45, 2.75) is 37.8 Å². The summed E-state index contributed by atoms with van der Waals surface area (Å²) in [5, 5.41) is 16.7. The van der Waals surface area contributed by atoms with E-state index in [9.17, 15) is 18.3 Å². The van der Waals surface area contributed by atoms with E-state index in [4.69, 9.17) is 15.8 Å². The molecule has 0 aliphatic heterocycles. The highest BCUT2D eigenvalue weighted by Gasteiger charge is 2.18. The van der Waals surface area contributed by atoms with Gasteiger partial charge in [0, 0.05) is 13.1 Å². The summed E-state index contributed by atoms with van der Waals surface area (Å²) in [6.07, 6.45) is 0.983. The van der Waals surface area contributed by atoms with Crippen LogP contribution in [-0.4, -0.2) is 42.6 Å². The fraction of sp³-hybridized carbons (Fsp3) is 0.412. The van der Waals surface area contributed by atoms with Crippen LogP contribution in [-0.2, 0) is 20.8 Å². The Kier molecular flexibility index (Phi) is 7.37. The number of hydrogen-bond donors (Lipinski definition) is 2. The van der Waals surface area contributed by atoms with E-state index >= 15 is 0 Å². The summed E-state index contributed by atoms with van der Waals surface area (Å²) in [6.45, 7) is 3.69. The molecule has 8 nitrogen and oxygen atoms in total. The van der Waals surface area contributed by atoms with Crippen LogP contribution in [0.3, 0.4) is 0 Å². The van der Waals surface area contributed by atoms with E-state index in [-0.39, 0.29) is 22.2 Å². The van der Waals surface area contributed by atoms with Crippen LogP contribution in [0.5, 0.6) is 0 Å². The Labute approximate surface area is 162 Å². The maximum Gasteiger partial charge on any atom is 0.297 e. The Morgan fingerprint density at radius 1 is 1.33 bits per heavy atom. The average molecular weight is 416 g/mol. The largest absolute Gasteiger partial charge is 0.389 e. The number of rotatable bonds is 9. The van der Waals surface area contributed by atoms with Gasteiger partial charge in [-0.05, 0) is 25.5 Å². The van der Waals surface area contributed by atoms with Crippen molar-refractivity contribution in [3.8, 4) is 0 Å². The summed E-state index contributed by atoms with van der Waals surface area (Å²) in [5.41, 5.74) is 0.746. The van der Waals surface area contributed by atoms with Gasteiger partial charge in [0.15, 0.2) is 0 Å². The Morgan fingerprint density at radius 2 is 2.00 bits per heavy atom. The number of aliphatic hydroxyl groups excluding tert-OH is 1. The minimum absolute atomic E-state index is 0.0139. The van der Waals surface area contributed by atoms with Gasteiger partial charge in [-0.2, -0.15) is 13.5 Å². The van der Waals surface area contributed by atoms with Gasteiger partial charge in [0.2, 0.25) is 0 Å². The second-order valence-corrected chi connectivity index (χ2v) is 7.98. The van der Waals surface area contributed by atoms with E-state index in [1.807, 2.05) is 13.8 Å². The van der Waals surface area contributed by atoms with Crippen molar-refractivity contribution in [3.63, 3.8) is 0 Å². The van der Waals surface area contributed by atoms with Gasteiger partial charge >= 0.3 is 0 Å². The zero-order chi connectivity index (χ0) is 20.0. The second kappa shape index (κ2) is 9.32. The van der Waals surface area contributed by atoms with Crippen molar-refractivity contribution in [2.75, 3.05) is 18.5 Å². The molecule has 27 heavy (non-hydrogen) atoms. The molecule has 0 saturated carbocycles. The highest BCUT2D eigenvalue weighted by atomic mass is 35.5. The molecular weight excluding hydrogens is 394 g/mol. The molecule has 0 aliphatic rings. The first-order chi connectivity index (χ1) is 12.7. The third kappa shape index (κ3) is 5.77. The van der Waals surface area contributed by atoms with E-state index in [1.165, 1.54) is 23.0 Å². The molecule has 1 atom stereocenters. The standard InChI is InChI=1S/C17H22ClN3O5S/c1-3-8-21-17(23)16(18)15(10-20-21)19-9-13(22)11-26-27(24,25)14-6-4-12(2)5-7-14/h4-7,10,13,19,22H,3,8-9,11H2,1-2H3. The molecule has 0 aliphatic carbocycles. The van der Waals surface area contributed by atoms with E-state index in [0.717, 1.165) is 12.0 Å². The summed E-state index contributed by atoms with van der Waals surface area (Å²) < 4.78 is 30.3. The lowest BCUT2D eigenvalue weighted by molar-refractivity contribution is 0.121. The maximum absolute atomic E-state index is 12.1. The molecule has 2 aromatic rings. The van der Waals surface area contributed by atoms with Gasteiger partial charge in [-0.3, -0.25) is 8.98 Å². The molecule has 0 spiro atoms. The first-order valence-corrected chi connectivity index (χ1v) is 10.2. The monoisotopic (exact) mass is 415 g/mol. The predicted octanol–water partition coefficient (Wildman–Crippen LogP) is 1.79. The molecule has 0 amide bonds. The number of nitrogens with one attached hydrogen (secondary N) is 1. The van der Waals surface area contributed by atoms with Crippen molar-refractivity contribution < 1.29 is 17.7 Å². The molecular formula is C17H22ClN3O5S. The molecule has 1 aromatic carbocycles. The summed E-state index contributed by atoms with van der Waals surface area (Å²) in [5.74, 6) is 0. The van der Waals surface area contributed by atoms with Crippen LogP contribution in [0.2, 0.25) is 5.02 Å². The van der Waals surface area contributed by atoms with Gasteiger partial charge in [0.05, 0.1) is 29.5 Å². The van der Waals surface area contributed by atoms with Gasteiger partial charge in [0.1, 0.15) is 5.02 Å². The average Bonchev–Trinajstić information content (AvgIpc) is 2.64. The number of nitrogens with zero attached hydrogens (tertiary/aromatic N) is 2. The van der Waals surface area contributed by atoms with Gasteiger partial charge in [-0.15, -0.1) is 0 Å². The predicted molar refractivity (Wildman–Crippen MR) is 103 cm³/mol. The van der Waals surface area contributed by atoms with Crippen molar-refractivity contribution >= 4 is 27.4 Å². The molecule has 2 N–H and O–H groups in total. The highest BCUT2D eigenvalue weighted by molar-refractivity contribution is 7.86.